The summed E-state index contributed by atoms with van der Waals surface area (Å²) in [5, 5.41) is 11.8. The van der Waals surface area contributed by atoms with Crippen LogP contribution in [0, 0.1) is 0 Å². The van der Waals surface area contributed by atoms with Crippen LogP contribution < -0.4 is 5.32 Å². The summed E-state index contributed by atoms with van der Waals surface area (Å²) in [5.74, 6) is -0.0492. The third-order valence-electron chi connectivity index (χ3n) is 2.74. The molecule has 0 fully saturated rings. The number of halogens is 1. The Labute approximate surface area is 122 Å². The first kappa shape index (κ1) is 16.1. The van der Waals surface area contributed by atoms with Crippen molar-refractivity contribution in [1.29, 1.82) is 0 Å². The van der Waals surface area contributed by atoms with Crippen molar-refractivity contribution in [2.75, 3.05) is 31.6 Å². The molecule has 5 heteroatoms. The molecule has 1 amide bonds. The van der Waals surface area contributed by atoms with Crippen molar-refractivity contribution in [2.24, 2.45) is 0 Å². The topological polar surface area (TPSA) is 52.6 Å². The monoisotopic (exact) mass is 328 g/mol. The Bertz CT molecular complexity index is 382. The van der Waals surface area contributed by atoms with E-state index in [2.05, 4.69) is 28.2 Å². The van der Waals surface area contributed by atoms with Crippen molar-refractivity contribution in [3.8, 4) is 0 Å². The van der Waals surface area contributed by atoms with Crippen LogP contribution in [-0.4, -0.2) is 42.2 Å². The van der Waals surface area contributed by atoms with Crippen molar-refractivity contribution >= 4 is 27.5 Å². The fourth-order valence-corrected chi connectivity index (χ4v) is 1.99. The first-order valence-corrected chi connectivity index (χ1v) is 7.33. The molecule has 0 aliphatic carbocycles. The van der Waals surface area contributed by atoms with Crippen molar-refractivity contribution in [3.63, 3.8) is 0 Å². The van der Waals surface area contributed by atoms with Gasteiger partial charge in [0, 0.05) is 16.7 Å². The first-order valence-electron chi connectivity index (χ1n) is 6.54. The summed E-state index contributed by atoms with van der Waals surface area (Å²) in [5.41, 5.74) is 0.785. The van der Waals surface area contributed by atoms with Gasteiger partial charge in [0.05, 0.1) is 13.2 Å². The minimum absolute atomic E-state index is 0.0492. The van der Waals surface area contributed by atoms with Gasteiger partial charge in [0.2, 0.25) is 5.91 Å². The largest absolute Gasteiger partial charge is 0.395 e. The molecule has 0 heterocycles. The molecule has 0 unspecified atom stereocenters. The minimum atomic E-state index is -0.0492. The van der Waals surface area contributed by atoms with Gasteiger partial charge in [-0.05, 0) is 37.2 Å². The Morgan fingerprint density at radius 2 is 2.00 bits per heavy atom. The SMILES string of the molecule is CCCCN(CCO)CC(=O)Nc1ccc(Br)cc1. The number of unbranched alkanes of at least 4 members (excludes halogenated alkanes) is 1. The van der Waals surface area contributed by atoms with Crippen LogP contribution in [-0.2, 0) is 4.79 Å². The van der Waals surface area contributed by atoms with Gasteiger partial charge in [-0.1, -0.05) is 29.3 Å². The van der Waals surface area contributed by atoms with E-state index in [4.69, 9.17) is 5.11 Å². The van der Waals surface area contributed by atoms with Crippen LogP contribution in [0.15, 0.2) is 28.7 Å². The molecule has 0 saturated heterocycles. The number of hydrogen-bond acceptors (Lipinski definition) is 3. The molecular weight excluding hydrogens is 308 g/mol. The maximum atomic E-state index is 11.9. The Hall–Kier alpha value is -0.910. The van der Waals surface area contributed by atoms with Gasteiger partial charge in [0.1, 0.15) is 0 Å². The second-order valence-corrected chi connectivity index (χ2v) is 5.32. The van der Waals surface area contributed by atoms with Crippen LogP contribution in [0.5, 0.6) is 0 Å². The fraction of sp³-hybridized carbons (Fsp3) is 0.500. The normalized spacial score (nSPS) is 10.7. The van der Waals surface area contributed by atoms with Crippen LogP contribution >= 0.6 is 15.9 Å². The number of hydrogen-bond donors (Lipinski definition) is 2. The van der Waals surface area contributed by atoms with Gasteiger partial charge in [-0.3, -0.25) is 9.69 Å². The quantitative estimate of drug-likeness (QED) is 0.770. The summed E-state index contributed by atoms with van der Waals surface area (Å²) < 4.78 is 0.982. The second kappa shape index (κ2) is 9.07. The van der Waals surface area contributed by atoms with Gasteiger partial charge in [-0.15, -0.1) is 0 Å². The van der Waals surface area contributed by atoms with E-state index in [0.717, 1.165) is 29.5 Å². The molecule has 106 valence electrons. The lowest BCUT2D eigenvalue weighted by atomic mass is 10.3. The Morgan fingerprint density at radius 3 is 2.58 bits per heavy atom. The highest BCUT2D eigenvalue weighted by Crippen LogP contribution is 2.14. The molecule has 1 aromatic carbocycles. The molecule has 19 heavy (non-hydrogen) atoms. The number of nitrogens with zero attached hydrogens (tertiary/aromatic N) is 1. The van der Waals surface area contributed by atoms with Crippen LogP contribution in [0.4, 0.5) is 5.69 Å². The molecule has 0 aliphatic rings. The highest BCUT2D eigenvalue weighted by Gasteiger charge is 2.09. The number of anilines is 1. The van der Waals surface area contributed by atoms with Crippen molar-refractivity contribution < 1.29 is 9.90 Å². The van der Waals surface area contributed by atoms with E-state index in [9.17, 15) is 4.79 Å². The third-order valence-corrected chi connectivity index (χ3v) is 3.27. The minimum Gasteiger partial charge on any atom is -0.395 e. The molecule has 1 aromatic rings. The van der Waals surface area contributed by atoms with E-state index in [1.165, 1.54) is 0 Å². The van der Waals surface area contributed by atoms with Crippen LogP contribution in [0.25, 0.3) is 0 Å². The zero-order valence-corrected chi connectivity index (χ0v) is 12.8. The number of benzene rings is 1. The zero-order valence-electron chi connectivity index (χ0n) is 11.2. The van der Waals surface area contributed by atoms with E-state index in [0.29, 0.717) is 13.1 Å². The molecule has 4 nitrogen and oxygen atoms in total. The van der Waals surface area contributed by atoms with Gasteiger partial charge >= 0.3 is 0 Å². The van der Waals surface area contributed by atoms with E-state index < -0.39 is 0 Å². The number of aliphatic hydroxyl groups is 1. The van der Waals surface area contributed by atoms with E-state index in [1.807, 2.05) is 29.2 Å². The first-order chi connectivity index (χ1) is 9.15. The van der Waals surface area contributed by atoms with Crippen LogP contribution in [0.2, 0.25) is 0 Å². The lowest BCUT2D eigenvalue weighted by Gasteiger charge is -2.20. The summed E-state index contributed by atoms with van der Waals surface area (Å²) in [6.07, 6.45) is 2.11. The Kier molecular flexibility index (Phi) is 7.70. The summed E-state index contributed by atoms with van der Waals surface area (Å²) in [6.45, 7) is 3.88. The fourth-order valence-electron chi connectivity index (χ4n) is 1.73. The molecule has 0 bridgehead atoms. The summed E-state index contributed by atoms with van der Waals surface area (Å²) in [6, 6.07) is 7.48. The second-order valence-electron chi connectivity index (χ2n) is 4.41. The highest BCUT2D eigenvalue weighted by atomic mass is 79.9. The maximum absolute atomic E-state index is 11.9. The predicted molar refractivity (Wildman–Crippen MR) is 81.2 cm³/mol. The van der Waals surface area contributed by atoms with Gasteiger partial charge in [-0.2, -0.15) is 0 Å². The molecule has 0 spiro atoms. The number of carbonyl (C=O) groups is 1. The number of carbonyl (C=O) groups excluding carboxylic acids is 1. The van der Waals surface area contributed by atoms with E-state index in [-0.39, 0.29) is 12.5 Å². The predicted octanol–water partition coefficient (Wildman–Crippen LogP) is 2.48. The van der Waals surface area contributed by atoms with E-state index in [1.54, 1.807) is 0 Å². The van der Waals surface area contributed by atoms with Gasteiger partial charge in [0.25, 0.3) is 0 Å². The molecule has 2 N–H and O–H groups in total. The van der Waals surface area contributed by atoms with Crippen LogP contribution in [0.3, 0.4) is 0 Å². The molecule has 1 rings (SSSR count). The van der Waals surface area contributed by atoms with E-state index >= 15 is 0 Å². The molecule has 0 radical (unpaired) electrons. The summed E-state index contributed by atoms with van der Waals surface area (Å²) in [4.78, 5) is 13.9. The van der Waals surface area contributed by atoms with Crippen LogP contribution in [0.1, 0.15) is 19.8 Å². The zero-order chi connectivity index (χ0) is 14.1. The molecular formula is C14H21BrN2O2. The number of rotatable bonds is 8. The molecule has 0 atom stereocenters. The molecule has 0 aliphatic heterocycles. The third kappa shape index (κ3) is 6.71. The number of amides is 1. The standard InChI is InChI=1S/C14H21BrN2O2/c1-2-3-8-17(9-10-18)11-14(19)16-13-6-4-12(15)5-7-13/h4-7,18H,2-3,8-11H2,1H3,(H,16,19). The average Bonchev–Trinajstić information content (AvgIpc) is 2.39. The van der Waals surface area contributed by atoms with Gasteiger partial charge in [-0.25, -0.2) is 0 Å². The lowest BCUT2D eigenvalue weighted by Crippen LogP contribution is -2.35. The van der Waals surface area contributed by atoms with Gasteiger partial charge < -0.3 is 10.4 Å². The summed E-state index contributed by atoms with van der Waals surface area (Å²) in [7, 11) is 0. The molecule has 0 aromatic heterocycles. The number of aliphatic hydroxyl groups excluding tert-OH is 1. The van der Waals surface area contributed by atoms with Crippen molar-refractivity contribution in [2.45, 2.75) is 19.8 Å². The Balaban J connectivity index is 2.45. The molecule has 0 saturated carbocycles. The van der Waals surface area contributed by atoms with Crippen molar-refractivity contribution in [3.05, 3.63) is 28.7 Å². The average molecular weight is 329 g/mol. The highest BCUT2D eigenvalue weighted by molar-refractivity contribution is 9.10. The smallest absolute Gasteiger partial charge is 0.238 e. The van der Waals surface area contributed by atoms with Gasteiger partial charge in [0.15, 0.2) is 0 Å². The Morgan fingerprint density at radius 1 is 1.32 bits per heavy atom. The summed E-state index contributed by atoms with van der Waals surface area (Å²) >= 11 is 3.35. The van der Waals surface area contributed by atoms with Crippen molar-refractivity contribution in [1.82, 2.24) is 4.90 Å². The number of nitrogens with one attached hydrogen (secondary N) is 1. The lowest BCUT2D eigenvalue weighted by molar-refractivity contribution is -0.117. The maximum Gasteiger partial charge on any atom is 0.238 e.